The van der Waals surface area contributed by atoms with Crippen LogP contribution in [0.25, 0.3) is 0 Å². The molecule has 0 amide bonds. The Hall–Kier alpha value is -1.67. The maximum absolute atomic E-state index is 9.91. The van der Waals surface area contributed by atoms with E-state index >= 15 is 0 Å². The van der Waals surface area contributed by atoms with Crippen molar-refractivity contribution in [2.24, 2.45) is 0 Å². The van der Waals surface area contributed by atoms with Crippen molar-refractivity contribution in [1.29, 1.82) is 0 Å². The Morgan fingerprint density at radius 3 is 2.90 bits per heavy atom. The molecule has 21 heavy (non-hydrogen) atoms. The number of rotatable bonds is 4. The summed E-state index contributed by atoms with van der Waals surface area (Å²) in [5, 5.41) is 15.3. The Kier molecular flexibility index (Phi) is 3.81. The third-order valence-electron chi connectivity index (χ3n) is 3.62. The molecule has 1 atom stereocenters. The lowest BCUT2D eigenvalue weighted by Gasteiger charge is -2.26. The average Bonchev–Trinajstić information content (AvgIpc) is 3.12. The summed E-state index contributed by atoms with van der Waals surface area (Å²) in [6, 6.07) is 1.99. The monoisotopic (exact) mass is 308 g/mol. The minimum atomic E-state index is -0.474. The second kappa shape index (κ2) is 5.61. The summed E-state index contributed by atoms with van der Waals surface area (Å²) in [5.41, 5.74) is 1.88. The van der Waals surface area contributed by atoms with Gasteiger partial charge in [-0.3, -0.25) is 4.68 Å². The van der Waals surface area contributed by atoms with Gasteiger partial charge in [0.15, 0.2) is 0 Å². The number of fused-ring (bicyclic) bond motifs is 1. The lowest BCUT2D eigenvalue weighted by molar-refractivity contribution is 0.168. The molecule has 0 radical (unpaired) electrons. The molecule has 0 spiro atoms. The zero-order chi connectivity index (χ0) is 15.0. The summed E-state index contributed by atoms with van der Waals surface area (Å²) in [6.07, 6.45) is 0.210. The van der Waals surface area contributed by atoms with Gasteiger partial charge >= 0.3 is 0 Å². The minimum absolute atomic E-state index is 0.474. The maximum atomic E-state index is 9.91. The van der Waals surface area contributed by atoms with Crippen LogP contribution in [0.4, 0.5) is 11.1 Å². The SMILES string of the molecule is CC[C@@H](O)c1cc2n(n1)CCN(c1nc(N(C)C)ns1)C2. The highest BCUT2D eigenvalue weighted by molar-refractivity contribution is 7.09. The lowest BCUT2D eigenvalue weighted by Crippen LogP contribution is -2.33. The van der Waals surface area contributed by atoms with Gasteiger partial charge in [-0.2, -0.15) is 14.5 Å². The topological polar surface area (TPSA) is 70.3 Å². The summed E-state index contributed by atoms with van der Waals surface area (Å²) in [5.74, 6) is 0.746. The van der Waals surface area contributed by atoms with Crippen LogP contribution in [0.15, 0.2) is 6.07 Å². The highest BCUT2D eigenvalue weighted by Crippen LogP contribution is 2.26. The van der Waals surface area contributed by atoms with Gasteiger partial charge in [0.2, 0.25) is 11.1 Å². The molecule has 0 unspecified atom stereocenters. The molecule has 7 nitrogen and oxygen atoms in total. The van der Waals surface area contributed by atoms with Gasteiger partial charge in [0.25, 0.3) is 0 Å². The van der Waals surface area contributed by atoms with Crippen molar-refractivity contribution in [3.8, 4) is 0 Å². The fourth-order valence-electron chi connectivity index (χ4n) is 2.34. The van der Waals surface area contributed by atoms with Gasteiger partial charge in [0.05, 0.1) is 30.6 Å². The molecule has 3 rings (SSSR count). The van der Waals surface area contributed by atoms with Crippen LogP contribution in [0.1, 0.15) is 30.8 Å². The highest BCUT2D eigenvalue weighted by atomic mass is 32.1. The Balaban J connectivity index is 1.78. The van der Waals surface area contributed by atoms with E-state index in [9.17, 15) is 5.11 Å². The van der Waals surface area contributed by atoms with Crippen LogP contribution in [0, 0.1) is 0 Å². The zero-order valence-corrected chi connectivity index (χ0v) is 13.3. The van der Waals surface area contributed by atoms with Crippen LogP contribution in [0.3, 0.4) is 0 Å². The average molecular weight is 308 g/mol. The fourth-order valence-corrected chi connectivity index (χ4v) is 3.10. The number of hydrogen-bond acceptors (Lipinski definition) is 7. The zero-order valence-electron chi connectivity index (χ0n) is 12.5. The number of hydrogen-bond donors (Lipinski definition) is 1. The molecule has 8 heteroatoms. The quantitative estimate of drug-likeness (QED) is 0.917. The molecule has 2 aromatic heterocycles. The van der Waals surface area contributed by atoms with Crippen molar-refractivity contribution in [3.05, 3.63) is 17.5 Å². The van der Waals surface area contributed by atoms with Gasteiger partial charge in [-0.25, -0.2) is 0 Å². The third kappa shape index (κ3) is 2.73. The first-order valence-electron chi connectivity index (χ1n) is 7.09. The standard InChI is InChI=1S/C13H20N6OS/c1-4-11(20)10-7-9-8-18(5-6-19(9)15-10)13-14-12(16-21-13)17(2)3/h7,11,20H,4-6,8H2,1-3H3/t11-/m1/s1. The molecule has 1 N–H and O–H groups in total. The molecule has 1 aliphatic rings. The van der Waals surface area contributed by atoms with E-state index in [1.807, 2.05) is 36.7 Å². The molecule has 0 bridgehead atoms. The molecule has 0 aromatic carbocycles. The van der Waals surface area contributed by atoms with Gasteiger partial charge in [-0.05, 0) is 12.5 Å². The van der Waals surface area contributed by atoms with Crippen LogP contribution in [-0.2, 0) is 13.1 Å². The van der Waals surface area contributed by atoms with E-state index in [1.165, 1.54) is 11.5 Å². The minimum Gasteiger partial charge on any atom is -0.387 e. The predicted molar refractivity (Wildman–Crippen MR) is 82.8 cm³/mol. The van der Waals surface area contributed by atoms with Crippen molar-refractivity contribution < 1.29 is 5.11 Å². The van der Waals surface area contributed by atoms with Crippen LogP contribution in [0.2, 0.25) is 0 Å². The van der Waals surface area contributed by atoms with E-state index in [4.69, 9.17) is 0 Å². The maximum Gasteiger partial charge on any atom is 0.238 e. The molecule has 114 valence electrons. The molecule has 0 saturated heterocycles. The van der Waals surface area contributed by atoms with Crippen molar-refractivity contribution in [3.63, 3.8) is 0 Å². The highest BCUT2D eigenvalue weighted by Gasteiger charge is 2.23. The van der Waals surface area contributed by atoms with E-state index in [-0.39, 0.29) is 0 Å². The van der Waals surface area contributed by atoms with Crippen molar-refractivity contribution >= 4 is 22.6 Å². The first kappa shape index (κ1) is 14.3. The van der Waals surface area contributed by atoms with Crippen LogP contribution in [-0.4, -0.2) is 44.9 Å². The third-order valence-corrected chi connectivity index (χ3v) is 4.39. The molecule has 1 aliphatic heterocycles. The Bertz CT molecular complexity index is 622. The van der Waals surface area contributed by atoms with Crippen LogP contribution >= 0.6 is 11.5 Å². The molecular formula is C13H20N6OS. The molecule has 2 aromatic rings. The van der Waals surface area contributed by atoms with Crippen molar-refractivity contribution in [2.45, 2.75) is 32.5 Å². The second-order valence-corrected chi connectivity index (χ2v) is 6.13. The van der Waals surface area contributed by atoms with E-state index in [2.05, 4.69) is 19.4 Å². The molecule has 3 heterocycles. The Morgan fingerprint density at radius 2 is 2.24 bits per heavy atom. The van der Waals surface area contributed by atoms with Crippen LogP contribution in [0.5, 0.6) is 0 Å². The summed E-state index contributed by atoms with van der Waals surface area (Å²) in [7, 11) is 3.88. The van der Waals surface area contributed by atoms with Crippen molar-refractivity contribution in [2.75, 3.05) is 30.4 Å². The first-order chi connectivity index (χ1) is 10.1. The summed E-state index contributed by atoms with van der Waals surface area (Å²) < 4.78 is 6.33. The van der Waals surface area contributed by atoms with Gasteiger partial charge in [-0.1, -0.05) is 6.92 Å². The second-order valence-electron chi connectivity index (χ2n) is 5.40. The van der Waals surface area contributed by atoms with E-state index in [1.54, 1.807) is 0 Å². The van der Waals surface area contributed by atoms with E-state index < -0.39 is 6.10 Å². The normalized spacial score (nSPS) is 15.9. The summed E-state index contributed by atoms with van der Waals surface area (Å²) in [4.78, 5) is 8.66. The largest absolute Gasteiger partial charge is 0.387 e. The van der Waals surface area contributed by atoms with Gasteiger partial charge in [0.1, 0.15) is 0 Å². The van der Waals surface area contributed by atoms with Gasteiger partial charge in [-0.15, -0.1) is 0 Å². The summed E-state index contributed by atoms with van der Waals surface area (Å²) in [6.45, 7) is 4.38. The molecule has 0 aliphatic carbocycles. The Morgan fingerprint density at radius 1 is 1.43 bits per heavy atom. The predicted octanol–water partition coefficient (Wildman–Crippen LogP) is 1.26. The van der Waals surface area contributed by atoms with Crippen molar-refractivity contribution in [1.82, 2.24) is 19.1 Å². The van der Waals surface area contributed by atoms with Gasteiger partial charge < -0.3 is 14.9 Å². The smallest absolute Gasteiger partial charge is 0.238 e. The Labute approximate surface area is 128 Å². The van der Waals surface area contributed by atoms with Crippen LogP contribution < -0.4 is 9.80 Å². The first-order valence-corrected chi connectivity index (χ1v) is 7.86. The van der Waals surface area contributed by atoms with E-state index in [0.29, 0.717) is 6.42 Å². The number of aliphatic hydroxyl groups is 1. The van der Waals surface area contributed by atoms with E-state index in [0.717, 1.165) is 42.1 Å². The molecule has 0 saturated carbocycles. The van der Waals surface area contributed by atoms with Gasteiger partial charge in [0, 0.05) is 32.2 Å². The lowest BCUT2D eigenvalue weighted by atomic mass is 10.2. The fraction of sp³-hybridized carbons (Fsp3) is 0.615. The number of anilines is 2. The summed E-state index contributed by atoms with van der Waals surface area (Å²) >= 11 is 1.42. The number of aliphatic hydroxyl groups excluding tert-OH is 1. The number of aromatic nitrogens is 4. The molecular weight excluding hydrogens is 288 g/mol. The number of nitrogens with zero attached hydrogens (tertiary/aromatic N) is 6. The molecule has 0 fully saturated rings.